The van der Waals surface area contributed by atoms with Crippen LogP contribution in [-0.2, 0) is 6.54 Å². The highest BCUT2D eigenvalue weighted by Gasteiger charge is 1.98. The van der Waals surface area contributed by atoms with Gasteiger partial charge in [-0.25, -0.2) is 0 Å². The first-order chi connectivity index (χ1) is 4.74. The van der Waals surface area contributed by atoms with Crippen molar-refractivity contribution in [2.45, 2.75) is 20.4 Å². The number of ketones is 1. The van der Waals surface area contributed by atoms with Crippen molar-refractivity contribution in [1.82, 2.24) is 4.57 Å². The van der Waals surface area contributed by atoms with E-state index in [1.165, 1.54) is 0 Å². The molecule has 0 N–H and O–H groups in total. The molecule has 0 unspecified atom stereocenters. The van der Waals surface area contributed by atoms with Crippen LogP contribution in [-0.4, -0.2) is 10.4 Å². The molecule has 1 aromatic heterocycles. The molecule has 0 saturated heterocycles. The molecule has 0 radical (unpaired) electrons. The van der Waals surface area contributed by atoms with Crippen molar-refractivity contribution >= 4 is 5.78 Å². The van der Waals surface area contributed by atoms with Crippen molar-refractivity contribution in [2.75, 3.05) is 0 Å². The first kappa shape index (κ1) is 7.06. The lowest BCUT2D eigenvalue weighted by Gasteiger charge is -1.91. The number of hydrogen-bond acceptors (Lipinski definition) is 1. The molecule has 0 aliphatic carbocycles. The Morgan fingerprint density at radius 1 is 1.70 bits per heavy atom. The van der Waals surface area contributed by atoms with E-state index in [4.69, 9.17) is 0 Å². The summed E-state index contributed by atoms with van der Waals surface area (Å²) in [5, 5.41) is 0. The average Bonchev–Trinajstić information content (AvgIpc) is 2.34. The number of Topliss-reactive ketones (excluding diaryl/α,β-unsaturated/α-hetero) is 1. The van der Waals surface area contributed by atoms with Crippen LogP contribution >= 0.6 is 0 Å². The maximum atomic E-state index is 10.8. The largest absolute Gasteiger partial charge is 0.354 e. The van der Waals surface area contributed by atoms with Gasteiger partial charge in [0.2, 0.25) is 0 Å². The van der Waals surface area contributed by atoms with Gasteiger partial charge < -0.3 is 4.57 Å². The van der Waals surface area contributed by atoms with Crippen molar-refractivity contribution in [3.8, 4) is 0 Å². The molecule has 0 amide bonds. The summed E-state index contributed by atoms with van der Waals surface area (Å²) in [6.45, 7) is 4.55. The molecule has 0 aliphatic rings. The van der Waals surface area contributed by atoms with Crippen LogP contribution in [0.4, 0.5) is 0 Å². The van der Waals surface area contributed by atoms with Gasteiger partial charge in [-0.15, -0.1) is 0 Å². The highest BCUT2D eigenvalue weighted by molar-refractivity contribution is 5.93. The minimum atomic E-state index is 0.132. The Morgan fingerprint density at radius 2 is 2.40 bits per heavy atom. The summed E-state index contributed by atoms with van der Waals surface area (Å²) in [5.74, 6) is 0.132. The third-order valence-corrected chi connectivity index (χ3v) is 1.52. The summed E-state index contributed by atoms with van der Waals surface area (Å²) in [5.41, 5.74) is 0.793. The second-order valence-corrected chi connectivity index (χ2v) is 2.29. The van der Waals surface area contributed by atoms with Crippen molar-refractivity contribution in [3.05, 3.63) is 24.0 Å². The Hall–Kier alpha value is -1.05. The van der Waals surface area contributed by atoms with Gasteiger partial charge in [-0.2, -0.15) is 0 Å². The Balaban J connectivity index is 2.88. The smallest absolute Gasteiger partial charge is 0.161 e. The van der Waals surface area contributed by atoms with Crippen LogP contribution in [0.2, 0.25) is 0 Å². The Morgan fingerprint density at radius 3 is 2.70 bits per heavy atom. The molecule has 0 bridgehead atoms. The van der Waals surface area contributed by atoms with Crippen LogP contribution in [0, 0.1) is 0 Å². The fourth-order valence-corrected chi connectivity index (χ4v) is 0.846. The molecule has 1 heterocycles. The quantitative estimate of drug-likeness (QED) is 0.569. The topological polar surface area (TPSA) is 22.0 Å². The van der Waals surface area contributed by atoms with Crippen molar-refractivity contribution < 1.29 is 4.79 Å². The maximum Gasteiger partial charge on any atom is 0.161 e. The number of aryl methyl sites for hydroxylation is 1. The predicted octanol–water partition coefficient (Wildman–Crippen LogP) is 1.71. The zero-order chi connectivity index (χ0) is 7.56. The molecule has 2 heteroatoms. The normalized spacial score (nSPS) is 9.80. The molecule has 0 saturated carbocycles. The van der Waals surface area contributed by atoms with E-state index in [-0.39, 0.29) is 5.78 Å². The van der Waals surface area contributed by atoms with Crippen molar-refractivity contribution in [2.24, 2.45) is 0 Å². The minimum absolute atomic E-state index is 0.132. The monoisotopic (exact) mass is 137 g/mol. The lowest BCUT2D eigenvalue weighted by atomic mass is 10.2. The highest BCUT2D eigenvalue weighted by Crippen LogP contribution is 2.00. The van der Waals surface area contributed by atoms with E-state index in [2.05, 4.69) is 0 Å². The molecule has 54 valence electrons. The first-order valence-electron chi connectivity index (χ1n) is 3.40. The summed E-state index contributed by atoms with van der Waals surface area (Å²) >= 11 is 0. The summed E-state index contributed by atoms with van der Waals surface area (Å²) in [6.07, 6.45) is 3.78. The van der Waals surface area contributed by atoms with Gasteiger partial charge in [-0.05, 0) is 19.9 Å². The van der Waals surface area contributed by atoms with E-state index >= 15 is 0 Å². The van der Waals surface area contributed by atoms with E-state index in [1.807, 2.05) is 30.0 Å². The van der Waals surface area contributed by atoms with Gasteiger partial charge in [-0.3, -0.25) is 4.79 Å². The van der Waals surface area contributed by atoms with Gasteiger partial charge in [0, 0.05) is 24.5 Å². The molecule has 10 heavy (non-hydrogen) atoms. The molecule has 1 aromatic rings. The van der Waals surface area contributed by atoms with E-state index in [0.717, 1.165) is 12.1 Å². The van der Waals surface area contributed by atoms with Crippen LogP contribution < -0.4 is 0 Å². The highest BCUT2D eigenvalue weighted by atomic mass is 16.1. The third-order valence-electron chi connectivity index (χ3n) is 1.52. The van der Waals surface area contributed by atoms with Gasteiger partial charge >= 0.3 is 0 Å². The lowest BCUT2D eigenvalue weighted by molar-refractivity contribution is 0.101. The molecule has 0 aromatic carbocycles. The number of hydrogen-bond donors (Lipinski definition) is 0. The number of aromatic nitrogens is 1. The number of nitrogens with zero attached hydrogens (tertiary/aromatic N) is 1. The second kappa shape index (κ2) is 2.69. The molecule has 0 spiro atoms. The number of carbonyl (C=O) groups is 1. The Bertz CT molecular complexity index is 237. The standard InChI is InChI=1S/C8H11NO/c1-3-9-5-4-8(6-9)7(2)10/h4-6H,3H2,1-2H3. The zero-order valence-corrected chi connectivity index (χ0v) is 6.29. The van der Waals surface area contributed by atoms with E-state index in [0.29, 0.717) is 0 Å². The summed E-state index contributed by atoms with van der Waals surface area (Å²) in [6, 6.07) is 1.84. The van der Waals surface area contributed by atoms with Gasteiger partial charge in [0.25, 0.3) is 0 Å². The van der Waals surface area contributed by atoms with Gasteiger partial charge in [-0.1, -0.05) is 0 Å². The molecule has 1 rings (SSSR count). The fraction of sp³-hybridized carbons (Fsp3) is 0.375. The second-order valence-electron chi connectivity index (χ2n) is 2.29. The summed E-state index contributed by atoms with van der Waals surface area (Å²) < 4.78 is 1.98. The lowest BCUT2D eigenvalue weighted by Crippen LogP contribution is -1.90. The van der Waals surface area contributed by atoms with Crippen molar-refractivity contribution in [3.63, 3.8) is 0 Å². The molecule has 0 aliphatic heterocycles. The number of carbonyl (C=O) groups excluding carboxylic acids is 1. The van der Waals surface area contributed by atoms with Gasteiger partial charge in [0.1, 0.15) is 0 Å². The molecular formula is C8H11NO. The first-order valence-corrected chi connectivity index (χ1v) is 3.40. The minimum Gasteiger partial charge on any atom is -0.354 e. The van der Waals surface area contributed by atoms with Crippen LogP contribution in [0.25, 0.3) is 0 Å². The van der Waals surface area contributed by atoms with Gasteiger partial charge in [0.15, 0.2) is 5.78 Å². The molecule has 0 atom stereocenters. The average molecular weight is 137 g/mol. The molecular weight excluding hydrogens is 126 g/mol. The predicted molar refractivity (Wildman–Crippen MR) is 40.1 cm³/mol. The zero-order valence-electron chi connectivity index (χ0n) is 6.29. The van der Waals surface area contributed by atoms with E-state index in [9.17, 15) is 4.79 Å². The summed E-state index contributed by atoms with van der Waals surface area (Å²) in [4.78, 5) is 10.8. The van der Waals surface area contributed by atoms with Crippen molar-refractivity contribution in [1.29, 1.82) is 0 Å². The van der Waals surface area contributed by atoms with Crippen LogP contribution in [0.1, 0.15) is 24.2 Å². The fourth-order valence-electron chi connectivity index (χ4n) is 0.846. The van der Waals surface area contributed by atoms with Crippen LogP contribution in [0.3, 0.4) is 0 Å². The SMILES string of the molecule is CCn1ccc(C(C)=O)c1. The van der Waals surface area contributed by atoms with Crippen LogP contribution in [0.15, 0.2) is 18.5 Å². The maximum absolute atomic E-state index is 10.8. The molecule has 0 fully saturated rings. The molecule has 2 nitrogen and oxygen atoms in total. The van der Waals surface area contributed by atoms with Gasteiger partial charge in [0.05, 0.1) is 0 Å². The summed E-state index contributed by atoms with van der Waals surface area (Å²) in [7, 11) is 0. The van der Waals surface area contributed by atoms with E-state index < -0.39 is 0 Å². The Labute approximate surface area is 60.5 Å². The van der Waals surface area contributed by atoms with Crippen LogP contribution in [0.5, 0.6) is 0 Å². The van der Waals surface area contributed by atoms with E-state index in [1.54, 1.807) is 6.92 Å². The number of rotatable bonds is 2. The third kappa shape index (κ3) is 1.26. The Kier molecular flexibility index (Phi) is 1.90.